The van der Waals surface area contributed by atoms with Gasteiger partial charge in [-0.2, -0.15) is 0 Å². The van der Waals surface area contributed by atoms with Gasteiger partial charge >= 0.3 is 0 Å². The number of halogens is 1. The number of carbonyl (C=O) groups is 1. The lowest BCUT2D eigenvalue weighted by atomic mass is 10.0. The van der Waals surface area contributed by atoms with Crippen LogP contribution in [0.5, 0.6) is 0 Å². The van der Waals surface area contributed by atoms with Gasteiger partial charge in [0, 0.05) is 17.1 Å². The molecule has 4 heteroatoms. The average Bonchev–Trinajstić information content (AvgIpc) is 2.58. The van der Waals surface area contributed by atoms with Crippen LogP contribution in [0, 0.1) is 6.92 Å². The summed E-state index contributed by atoms with van der Waals surface area (Å²) in [5, 5.41) is 0. The number of benzene rings is 1. The number of allylic oxidation sites excluding steroid dienone is 2. The normalized spacial score (nSPS) is 11.3. The number of rotatable bonds is 7. The number of nitrogens with zero attached hydrogens (tertiary/aromatic N) is 2. The molecule has 0 saturated heterocycles. The van der Waals surface area contributed by atoms with Gasteiger partial charge in [0.1, 0.15) is 5.71 Å². The fourth-order valence-electron chi connectivity index (χ4n) is 2.45. The number of hydrogen-bond donors (Lipinski definition) is 0. The summed E-state index contributed by atoms with van der Waals surface area (Å²) in [5.74, 6) is 0.0662. The van der Waals surface area contributed by atoms with Crippen LogP contribution in [-0.2, 0) is 17.8 Å². The number of hydrogen-bond acceptors (Lipinski definition) is 3. The van der Waals surface area contributed by atoms with E-state index in [1.807, 2.05) is 44.2 Å². The Morgan fingerprint density at radius 1 is 1.20 bits per heavy atom. The molecule has 1 aromatic carbocycles. The van der Waals surface area contributed by atoms with E-state index in [1.165, 1.54) is 11.1 Å². The molecule has 1 heterocycles. The molecule has 0 aliphatic heterocycles. The minimum absolute atomic E-state index is 0.0662. The largest absolute Gasteiger partial charge is 0.292 e. The van der Waals surface area contributed by atoms with Gasteiger partial charge in [-0.3, -0.25) is 14.8 Å². The molecule has 0 aliphatic rings. The maximum Gasteiger partial charge on any atom is 0.181 e. The molecule has 0 spiro atoms. The highest BCUT2D eigenvalue weighted by Crippen LogP contribution is 2.15. The van der Waals surface area contributed by atoms with Crippen LogP contribution in [0.1, 0.15) is 37.1 Å². The Labute approximate surface area is 158 Å². The van der Waals surface area contributed by atoms with Crippen LogP contribution in [0.15, 0.2) is 63.7 Å². The van der Waals surface area contributed by atoms with Crippen molar-refractivity contribution in [2.45, 2.75) is 40.2 Å². The molecule has 0 N–H and O–H groups in total. The summed E-state index contributed by atoms with van der Waals surface area (Å²) in [6, 6.07) is 12.0. The first-order chi connectivity index (χ1) is 12.0. The van der Waals surface area contributed by atoms with E-state index < -0.39 is 0 Å². The van der Waals surface area contributed by atoms with Crippen molar-refractivity contribution in [3.63, 3.8) is 0 Å². The standard InChI is InChI=1S/C21H23BrN2O/c1-15(2)13-19(24-14-20-18(22)9-6-12-23-20)21(25)11-10-17-8-5-4-7-16(17)3/h4-9,12-13H,10-11,14H2,1-3H3. The summed E-state index contributed by atoms with van der Waals surface area (Å²) >= 11 is 3.47. The maximum absolute atomic E-state index is 12.7. The molecule has 2 rings (SSSR count). The number of Topliss-reactive ketones (excluding diaryl/α,β-unsaturated/α-hetero) is 1. The van der Waals surface area contributed by atoms with E-state index in [2.05, 4.69) is 45.0 Å². The monoisotopic (exact) mass is 398 g/mol. The van der Waals surface area contributed by atoms with Gasteiger partial charge in [0.05, 0.1) is 12.2 Å². The van der Waals surface area contributed by atoms with Crippen LogP contribution in [0.4, 0.5) is 0 Å². The van der Waals surface area contributed by atoms with Gasteiger partial charge in [0.2, 0.25) is 0 Å². The van der Waals surface area contributed by atoms with E-state index in [-0.39, 0.29) is 5.78 Å². The zero-order valence-corrected chi connectivity index (χ0v) is 16.5. The van der Waals surface area contributed by atoms with E-state index in [4.69, 9.17) is 0 Å². The van der Waals surface area contributed by atoms with Gasteiger partial charge in [-0.25, -0.2) is 0 Å². The molecule has 0 radical (unpaired) electrons. The lowest BCUT2D eigenvalue weighted by Crippen LogP contribution is -2.14. The molecule has 0 bridgehead atoms. The zero-order chi connectivity index (χ0) is 18.2. The third kappa shape index (κ3) is 6.05. The Hall–Kier alpha value is -2.07. The van der Waals surface area contributed by atoms with E-state index in [1.54, 1.807) is 6.20 Å². The second-order valence-electron chi connectivity index (χ2n) is 6.20. The van der Waals surface area contributed by atoms with Gasteiger partial charge in [0.25, 0.3) is 0 Å². The topological polar surface area (TPSA) is 42.3 Å². The van der Waals surface area contributed by atoms with E-state index in [0.717, 1.165) is 22.2 Å². The molecule has 0 atom stereocenters. The third-order valence-corrected chi connectivity index (χ3v) is 4.55. The highest BCUT2D eigenvalue weighted by molar-refractivity contribution is 9.10. The molecule has 3 nitrogen and oxygen atoms in total. The number of aryl methyl sites for hydroxylation is 2. The van der Waals surface area contributed by atoms with Crippen LogP contribution in [0.3, 0.4) is 0 Å². The van der Waals surface area contributed by atoms with Crippen molar-refractivity contribution in [3.8, 4) is 0 Å². The number of ketones is 1. The fourth-order valence-corrected chi connectivity index (χ4v) is 2.83. The minimum atomic E-state index is 0.0662. The Balaban J connectivity index is 2.12. The lowest BCUT2D eigenvalue weighted by molar-refractivity contribution is -0.112. The van der Waals surface area contributed by atoms with E-state index in [9.17, 15) is 4.79 Å². The van der Waals surface area contributed by atoms with E-state index >= 15 is 0 Å². The van der Waals surface area contributed by atoms with Crippen molar-refractivity contribution < 1.29 is 4.79 Å². The molecule has 25 heavy (non-hydrogen) atoms. The van der Waals surface area contributed by atoms with Crippen molar-refractivity contribution in [1.82, 2.24) is 4.98 Å². The first-order valence-electron chi connectivity index (χ1n) is 8.34. The lowest BCUT2D eigenvalue weighted by Gasteiger charge is -2.06. The van der Waals surface area contributed by atoms with Crippen molar-refractivity contribution in [2.75, 3.05) is 0 Å². The SMILES string of the molecule is CC(C)=CC(=NCc1ncccc1Br)C(=O)CCc1ccccc1C. The number of aromatic nitrogens is 1. The molecule has 2 aromatic rings. The van der Waals surface area contributed by atoms with Crippen LogP contribution in [0.25, 0.3) is 0 Å². The minimum Gasteiger partial charge on any atom is -0.292 e. The molecular weight excluding hydrogens is 376 g/mol. The van der Waals surface area contributed by atoms with Crippen LogP contribution < -0.4 is 0 Å². The van der Waals surface area contributed by atoms with Gasteiger partial charge in [-0.1, -0.05) is 29.8 Å². The summed E-state index contributed by atoms with van der Waals surface area (Å²) < 4.78 is 0.905. The number of carbonyl (C=O) groups excluding carboxylic acids is 1. The molecule has 0 aliphatic carbocycles. The maximum atomic E-state index is 12.7. The number of aliphatic imine (C=N–C) groups is 1. The van der Waals surface area contributed by atoms with Crippen molar-refractivity contribution in [2.24, 2.45) is 4.99 Å². The molecular formula is C21H23BrN2O. The second-order valence-corrected chi connectivity index (χ2v) is 7.06. The molecule has 0 unspecified atom stereocenters. The summed E-state index contributed by atoms with van der Waals surface area (Å²) in [6.45, 7) is 6.40. The quantitative estimate of drug-likeness (QED) is 0.596. The Morgan fingerprint density at radius 2 is 1.96 bits per heavy atom. The molecule has 130 valence electrons. The molecule has 0 fully saturated rings. The highest BCUT2D eigenvalue weighted by atomic mass is 79.9. The molecule has 1 aromatic heterocycles. The van der Waals surface area contributed by atoms with Crippen molar-refractivity contribution >= 4 is 27.4 Å². The number of pyridine rings is 1. The van der Waals surface area contributed by atoms with Gasteiger partial charge in [0.15, 0.2) is 5.78 Å². The van der Waals surface area contributed by atoms with Crippen LogP contribution in [-0.4, -0.2) is 16.5 Å². The average molecular weight is 399 g/mol. The third-order valence-electron chi connectivity index (χ3n) is 3.83. The first-order valence-corrected chi connectivity index (χ1v) is 9.13. The summed E-state index contributed by atoms with van der Waals surface area (Å²) in [7, 11) is 0. The van der Waals surface area contributed by atoms with Gasteiger partial charge in [-0.05, 0) is 72.5 Å². The summed E-state index contributed by atoms with van der Waals surface area (Å²) in [6.07, 6.45) is 4.78. The zero-order valence-electron chi connectivity index (χ0n) is 14.9. The summed E-state index contributed by atoms with van der Waals surface area (Å²) in [5.41, 5.74) is 4.83. The predicted molar refractivity (Wildman–Crippen MR) is 107 cm³/mol. The van der Waals surface area contributed by atoms with Crippen LogP contribution >= 0.6 is 15.9 Å². The van der Waals surface area contributed by atoms with Gasteiger partial charge in [-0.15, -0.1) is 0 Å². The highest BCUT2D eigenvalue weighted by Gasteiger charge is 2.11. The Morgan fingerprint density at radius 3 is 2.64 bits per heavy atom. The molecule has 0 saturated carbocycles. The predicted octanol–water partition coefficient (Wildman–Crippen LogP) is 5.26. The Bertz CT molecular complexity index is 805. The van der Waals surface area contributed by atoms with Crippen molar-refractivity contribution in [1.29, 1.82) is 0 Å². The van der Waals surface area contributed by atoms with Gasteiger partial charge < -0.3 is 0 Å². The van der Waals surface area contributed by atoms with Crippen LogP contribution in [0.2, 0.25) is 0 Å². The molecule has 0 amide bonds. The Kier molecular flexibility index (Phi) is 7.26. The second kappa shape index (κ2) is 9.42. The fraction of sp³-hybridized carbons (Fsp3) is 0.286. The summed E-state index contributed by atoms with van der Waals surface area (Å²) in [4.78, 5) is 21.5. The van der Waals surface area contributed by atoms with E-state index in [0.29, 0.717) is 18.7 Å². The van der Waals surface area contributed by atoms with Crippen molar-refractivity contribution in [3.05, 3.63) is 75.5 Å². The first kappa shape index (κ1) is 19.3. The smallest absolute Gasteiger partial charge is 0.181 e.